The largest absolute Gasteiger partial charge is 0.391 e. The van der Waals surface area contributed by atoms with Gasteiger partial charge in [-0.2, -0.15) is 0 Å². The van der Waals surface area contributed by atoms with E-state index in [9.17, 15) is 29.4 Å². The molecule has 15 atom stereocenters. The number of aliphatic hydroxyl groups is 2. The first kappa shape index (κ1) is 92.2. The summed E-state index contributed by atoms with van der Waals surface area (Å²) in [6.07, 6.45) is 7.56. The van der Waals surface area contributed by atoms with Crippen molar-refractivity contribution in [3.8, 4) is 0 Å². The Labute approximate surface area is 638 Å². The number of piperidine rings is 1. The fourth-order valence-corrected chi connectivity index (χ4v) is 15.7. The molecular weight excluding hydrogens is 1380 g/mol. The number of alkyl halides is 1. The molecule has 2 saturated carbocycles. The molecule has 606 valence electrons. The van der Waals surface area contributed by atoms with E-state index in [1.165, 1.54) is 80.6 Å². The third kappa shape index (κ3) is 27.7. The number of halogens is 1. The van der Waals surface area contributed by atoms with E-state index in [1.54, 1.807) is 11.9 Å². The second kappa shape index (κ2) is 44.5. The first-order chi connectivity index (χ1) is 49.7. The highest BCUT2D eigenvalue weighted by Crippen LogP contribution is 2.34. The summed E-state index contributed by atoms with van der Waals surface area (Å²) in [5.74, 6) is -9.23. The van der Waals surface area contributed by atoms with Crippen LogP contribution in [-0.4, -0.2) is 280 Å². The monoisotopic (exact) mass is 1520 g/mol. The van der Waals surface area contributed by atoms with Gasteiger partial charge in [0.1, 0.15) is 60.4 Å². The van der Waals surface area contributed by atoms with Crippen LogP contribution in [0.3, 0.4) is 0 Å². The Balaban J connectivity index is 1.98. The van der Waals surface area contributed by atoms with E-state index in [-0.39, 0.29) is 105 Å². The van der Waals surface area contributed by atoms with Gasteiger partial charge in [0.25, 0.3) is 0 Å². The summed E-state index contributed by atoms with van der Waals surface area (Å²) >= 11 is 6.83. The van der Waals surface area contributed by atoms with Crippen LogP contribution in [0.2, 0.25) is 0 Å². The normalized spacial score (nSPS) is 28.6. The van der Waals surface area contributed by atoms with Crippen LogP contribution >= 0.6 is 11.6 Å². The molecule has 0 bridgehead atoms. The maximum atomic E-state index is 15.9. The molecular formula is C78H137ClN12O15. The number of likely N-dealkylation sites (tertiary alicyclic amines) is 1. The summed E-state index contributed by atoms with van der Waals surface area (Å²) in [7, 11) is 10.3. The number of hydrogen-bond donors (Lipinski definition) is 6. The second-order valence-electron chi connectivity index (χ2n) is 33.1. The molecule has 106 heavy (non-hydrogen) atoms. The van der Waals surface area contributed by atoms with Crippen LogP contribution in [0.15, 0.2) is 0 Å². The molecule has 2 heterocycles. The van der Waals surface area contributed by atoms with Crippen molar-refractivity contribution in [1.82, 2.24) is 60.5 Å². The third-order valence-corrected chi connectivity index (χ3v) is 22.5. The van der Waals surface area contributed by atoms with E-state index in [2.05, 4.69) is 21.3 Å². The van der Waals surface area contributed by atoms with Crippen LogP contribution in [0.4, 0.5) is 0 Å². The van der Waals surface area contributed by atoms with Crippen molar-refractivity contribution in [2.24, 2.45) is 41.4 Å². The Hall–Kier alpha value is -6.19. The quantitative estimate of drug-likeness (QED) is 0.0796. The summed E-state index contributed by atoms with van der Waals surface area (Å²) < 4.78 is 5.92. The van der Waals surface area contributed by atoms with Crippen LogP contribution in [0, 0.1) is 41.4 Å². The average Bonchev–Trinajstić information content (AvgIpc) is 0.810. The topological polar surface area (TPSA) is 329 Å². The fourth-order valence-electron chi connectivity index (χ4n) is 15.3. The Kier molecular flexibility index (Phi) is 38.7. The Morgan fingerprint density at radius 3 is 1.44 bits per heavy atom. The van der Waals surface area contributed by atoms with E-state index < -0.39 is 162 Å². The lowest BCUT2D eigenvalue weighted by Gasteiger charge is -2.40. The summed E-state index contributed by atoms with van der Waals surface area (Å²) in [5.41, 5.74) is 0. The molecule has 2 aliphatic heterocycles. The molecule has 2 aliphatic carbocycles. The molecule has 0 spiro atoms. The smallest absolute Gasteiger partial charge is 0.248 e. The summed E-state index contributed by atoms with van der Waals surface area (Å²) in [4.78, 5) is 192. The van der Waals surface area contributed by atoms with E-state index in [4.69, 9.17) is 16.3 Å². The van der Waals surface area contributed by atoms with Gasteiger partial charge in [0, 0.05) is 80.8 Å². The van der Waals surface area contributed by atoms with Crippen molar-refractivity contribution in [3.63, 3.8) is 0 Å². The van der Waals surface area contributed by atoms with Gasteiger partial charge >= 0.3 is 0 Å². The van der Waals surface area contributed by atoms with Gasteiger partial charge in [-0.05, 0) is 132 Å². The average molecular weight is 1520 g/mol. The molecule has 2 unspecified atom stereocenters. The maximum absolute atomic E-state index is 15.9. The van der Waals surface area contributed by atoms with Crippen LogP contribution < -0.4 is 21.3 Å². The lowest BCUT2D eigenvalue weighted by Crippen LogP contribution is -2.63. The van der Waals surface area contributed by atoms with Crippen LogP contribution in [-0.2, 0) is 62.3 Å². The van der Waals surface area contributed by atoms with E-state index in [0.29, 0.717) is 45.2 Å². The molecule has 27 nitrogen and oxygen atoms in total. The minimum Gasteiger partial charge on any atom is -0.391 e. The van der Waals surface area contributed by atoms with Gasteiger partial charge in [0.2, 0.25) is 70.9 Å². The van der Waals surface area contributed by atoms with Crippen molar-refractivity contribution < 1.29 is 72.5 Å². The number of ether oxygens (including phenoxy) is 1. The van der Waals surface area contributed by atoms with Gasteiger partial charge in [-0.25, -0.2) is 0 Å². The first-order valence-corrected chi connectivity index (χ1v) is 40.1. The number of hydrogen-bond acceptors (Lipinski definition) is 15. The van der Waals surface area contributed by atoms with Gasteiger partial charge in [-0.15, -0.1) is 11.6 Å². The third-order valence-electron chi connectivity index (χ3n) is 22.1. The number of nitrogens with one attached hydrogen (secondary N) is 4. The number of carbonyl (C=O) groups is 12. The Morgan fingerprint density at radius 2 is 0.915 bits per heavy atom. The summed E-state index contributed by atoms with van der Waals surface area (Å²) in [6.45, 7) is 21.4. The highest BCUT2D eigenvalue weighted by Gasteiger charge is 2.46. The van der Waals surface area contributed by atoms with Crippen molar-refractivity contribution in [2.45, 2.75) is 302 Å². The zero-order chi connectivity index (χ0) is 79.7. The van der Waals surface area contributed by atoms with Gasteiger partial charge in [0.15, 0.2) is 0 Å². The summed E-state index contributed by atoms with van der Waals surface area (Å²) in [5, 5.41) is 33.3. The summed E-state index contributed by atoms with van der Waals surface area (Å²) in [6, 6.07) is -13.2. The molecule has 0 aromatic carbocycles. The van der Waals surface area contributed by atoms with Gasteiger partial charge < -0.3 is 75.4 Å². The molecule has 2 saturated heterocycles. The molecule has 4 rings (SSSR count). The molecule has 4 fully saturated rings. The minimum absolute atomic E-state index is 0.000312. The van der Waals surface area contributed by atoms with Crippen LogP contribution in [0.25, 0.3) is 0 Å². The molecule has 6 N–H and O–H groups in total. The van der Waals surface area contributed by atoms with Gasteiger partial charge in [0.05, 0.1) is 31.8 Å². The first-order valence-electron chi connectivity index (χ1n) is 39.6. The molecule has 0 aromatic heterocycles. The minimum atomic E-state index is -1.71. The lowest BCUT2D eigenvalue weighted by molar-refractivity contribution is -0.152. The SMILES string of the molecule is CC[C@H](C)[C@@H]1NC(=O)[C@H](CC(C)C)N(C)C(=O)CCCN(C)C(=O)C[C@@H](C(=O)N2CCCCC2)NC(=O)[C@H](CC(C)C)N(C)C(=O)[C@H](CC(C)C)N(C)C(=O)[C@H]([C@@H](C)O)NC(=O)[C@H](CC(C)C)N(C)C(=O)[C@H](COC[C@H](C)O)NC(=O)[C@H](CC2CCCC(Cl)C2)N(C)C(=O)[C@H](CC2CCCCC2)N(C)C1=O. The number of aliphatic hydroxyl groups excluding tert-OH is 2. The van der Waals surface area contributed by atoms with Crippen molar-refractivity contribution in [1.29, 1.82) is 0 Å². The predicted molar refractivity (Wildman–Crippen MR) is 408 cm³/mol. The predicted octanol–water partition coefficient (Wildman–Crippen LogP) is 5.71. The highest BCUT2D eigenvalue weighted by atomic mass is 35.5. The van der Waals surface area contributed by atoms with Crippen molar-refractivity contribution >= 4 is 82.5 Å². The maximum Gasteiger partial charge on any atom is 0.248 e. The molecule has 28 heteroatoms. The zero-order valence-electron chi connectivity index (χ0n) is 67.8. The Bertz CT molecular complexity index is 2890. The number of likely N-dealkylation sites (N-methyl/N-ethyl adjacent to an activating group) is 6. The fraction of sp³-hybridized carbons (Fsp3) is 0.846. The Morgan fingerprint density at radius 1 is 0.472 bits per heavy atom. The second-order valence-corrected chi connectivity index (χ2v) is 33.7. The molecule has 12 amide bonds. The number of rotatable bonds is 20. The van der Waals surface area contributed by atoms with E-state index in [1.807, 2.05) is 69.2 Å². The standard InChI is InChI=1S/C78H137ClN12O15/c1-20-51(10)67-77(104)90(19)64(42-54-29-23-21-24-30-54)76(103)88(17)62(43-55-31-27-32-56(79)41-55)70(97)81-58(46-106-45-52(11)92)73(100)86(15)61(39-49(6)7)72(99)83-68(53(12)93)78(105)89(18)63(40-50(8)9)75(102)87(16)60(38-48(4)5)69(96)80-57(74(101)91-35-25-22-26-36-91)44-66(95)84(13)34-28-33-65(94)85(14)59(37-47(2)3)71(98)82-67/h47-64,67-68,92-93H,20-46H2,1-19H3,(H,80,96)(H,81,97)(H,82,98)(H,83,99)/t51-,52-,53+,55?,56?,57-,58-,59-,60-,61-,62-,63-,64-,67-,68-/m0/s1. The zero-order valence-corrected chi connectivity index (χ0v) is 68.6. The lowest BCUT2D eigenvalue weighted by atomic mass is 9.82. The number of nitrogens with zero attached hydrogens (tertiary/aromatic N) is 8. The van der Waals surface area contributed by atoms with Gasteiger partial charge in [-0.1, -0.05) is 121 Å². The van der Waals surface area contributed by atoms with Crippen molar-refractivity contribution in [2.75, 3.05) is 82.2 Å². The van der Waals surface area contributed by atoms with Crippen molar-refractivity contribution in [3.05, 3.63) is 0 Å². The van der Waals surface area contributed by atoms with E-state index in [0.717, 1.165) is 61.2 Å². The number of amides is 12. The van der Waals surface area contributed by atoms with Gasteiger partial charge in [-0.3, -0.25) is 57.5 Å². The van der Waals surface area contributed by atoms with Crippen LogP contribution in [0.5, 0.6) is 0 Å². The number of carbonyl (C=O) groups excluding carboxylic acids is 12. The highest BCUT2D eigenvalue weighted by molar-refractivity contribution is 6.20. The molecule has 0 aromatic rings. The molecule has 4 aliphatic rings. The van der Waals surface area contributed by atoms with Crippen LogP contribution in [0.1, 0.15) is 224 Å². The molecule has 0 radical (unpaired) electrons. The van der Waals surface area contributed by atoms with E-state index >= 15 is 38.4 Å².